The third-order valence-electron chi connectivity index (χ3n) is 4.93. The number of carboxylic acid groups (broad SMARTS) is 1. The summed E-state index contributed by atoms with van der Waals surface area (Å²) in [6.45, 7) is 3.58. The molecule has 1 heterocycles. The lowest BCUT2D eigenvalue weighted by Gasteiger charge is -2.38. The number of hydrogen-bond acceptors (Lipinski definition) is 3. The molecule has 4 rings (SSSR count). The number of piperazine rings is 1. The Morgan fingerprint density at radius 3 is 1.96 bits per heavy atom. The predicted molar refractivity (Wildman–Crippen MR) is 89.4 cm³/mol. The SMILES string of the molecule is O=C(O)CN1CCN(C2c3ccccc3-c3ccccc32)CC1. The number of rotatable bonds is 3. The monoisotopic (exact) mass is 308 g/mol. The van der Waals surface area contributed by atoms with Crippen molar-refractivity contribution in [1.82, 2.24) is 9.80 Å². The fourth-order valence-corrected chi connectivity index (χ4v) is 3.89. The highest BCUT2D eigenvalue weighted by atomic mass is 16.4. The molecule has 23 heavy (non-hydrogen) atoms. The quantitative estimate of drug-likeness (QED) is 0.946. The molecule has 1 fully saturated rings. The molecule has 0 aromatic heterocycles. The van der Waals surface area contributed by atoms with E-state index >= 15 is 0 Å². The summed E-state index contributed by atoms with van der Waals surface area (Å²) < 4.78 is 0. The van der Waals surface area contributed by atoms with E-state index in [4.69, 9.17) is 5.11 Å². The highest BCUT2D eigenvalue weighted by molar-refractivity contribution is 5.78. The van der Waals surface area contributed by atoms with E-state index in [1.54, 1.807) is 0 Å². The summed E-state index contributed by atoms with van der Waals surface area (Å²) >= 11 is 0. The van der Waals surface area contributed by atoms with Gasteiger partial charge in [-0.1, -0.05) is 48.5 Å². The Morgan fingerprint density at radius 2 is 1.43 bits per heavy atom. The molecule has 0 amide bonds. The summed E-state index contributed by atoms with van der Waals surface area (Å²) in [4.78, 5) is 15.4. The lowest BCUT2D eigenvalue weighted by molar-refractivity contribution is -0.138. The van der Waals surface area contributed by atoms with Gasteiger partial charge in [0.2, 0.25) is 0 Å². The van der Waals surface area contributed by atoms with Gasteiger partial charge in [0, 0.05) is 26.2 Å². The first kappa shape index (κ1) is 14.4. The maximum Gasteiger partial charge on any atom is 0.317 e. The third-order valence-corrected chi connectivity index (χ3v) is 4.93. The van der Waals surface area contributed by atoms with Crippen LogP contribution in [-0.4, -0.2) is 53.6 Å². The molecule has 0 unspecified atom stereocenters. The van der Waals surface area contributed by atoms with E-state index in [2.05, 4.69) is 53.4 Å². The van der Waals surface area contributed by atoms with Gasteiger partial charge in [-0.3, -0.25) is 14.6 Å². The zero-order chi connectivity index (χ0) is 15.8. The number of aliphatic carboxylic acids is 1. The van der Waals surface area contributed by atoms with E-state index in [1.165, 1.54) is 22.3 Å². The van der Waals surface area contributed by atoms with E-state index in [9.17, 15) is 4.79 Å². The van der Waals surface area contributed by atoms with Crippen molar-refractivity contribution in [3.8, 4) is 11.1 Å². The molecular formula is C19H20N2O2. The first-order valence-corrected chi connectivity index (χ1v) is 8.10. The second-order valence-electron chi connectivity index (χ2n) is 6.28. The largest absolute Gasteiger partial charge is 0.480 e. The average Bonchev–Trinajstić information content (AvgIpc) is 2.90. The maximum atomic E-state index is 10.9. The van der Waals surface area contributed by atoms with Crippen molar-refractivity contribution in [2.75, 3.05) is 32.7 Å². The molecule has 0 radical (unpaired) electrons. The topological polar surface area (TPSA) is 43.8 Å². The number of carboxylic acids is 1. The zero-order valence-corrected chi connectivity index (χ0v) is 13.0. The van der Waals surface area contributed by atoms with Gasteiger partial charge in [-0.15, -0.1) is 0 Å². The molecule has 0 spiro atoms. The molecule has 1 saturated heterocycles. The Morgan fingerprint density at radius 1 is 0.913 bits per heavy atom. The summed E-state index contributed by atoms with van der Waals surface area (Å²) in [6.07, 6.45) is 0. The van der Waals surface area contributed by atoms with Gasteiger partial charge in [0.15, 0.2) is 0 Å². The molecule has 1 N–H and O–H groups in total. The van der Waals surface area contributed by atoms with Gasteiger partial charge in [0.25, 0.3) is 0 Å². The van der Waals surface area contributed by atoms with E-state index in [1.807, 2.05) is 4.90 Å². The molecule has 4 nitrogen and oxygen atoms in total. The highest BCUT2D eigenvalue weighted by Gasteiger charge is 2.34. The second-order valence-corrected chi connectivity index (χ2v) is 6.28. The normalized spacial score (nSPS) is 18.6. The zero-order valence-electron chi connectivity index (χ0n) is 13.0. The van der Waals surface area contributed by atoms with Crippen LogP contribution in [0.4, 0.5) is 0 Å². The second kappa shape index (κ2) is 5.80. The molecule has 0 bridgehead atoms. The van der Waals surface area contributed by atoms with Crippen LogP contribution in [0, 0.1) is 0 Å². The number of hydrogen-bond donors (Lipinski definition) is 1. The fourth-order valence-electron chi connectivity index (χ4n) is 3.89. The minimum atomic E-state index is -0.741. The van der Waals surface area contributed by atoms with Crippen LogP contribution in [0.3, 0.4) is 0 Å². The van der Waals surface area contributed by atoms with Crippen LogP contribution < -0.4 is 0 Å². The molecule has 1 aliphatic carbocycles. The molecule has 118 valence electrons. The van der Waals surface area contributed by atoms with Crippen LogP contribution in [0.5, 0.6) is 0 Å². The minimum Gasteiger partial charge on any atom is -0.480 e. The van der Waals surface area contributed by atoms with Gasteiger partial charge in [-0.05, 0) is 22.3 Å². The van der Waals surface area contributed by atoms with Gasteiger partial charge in [0.1, 0.15) is 0 Å². The number of carbonyl (C=O) groups is 1. The van der Waals surface area contributed by atoms with Crippen LogP contribution in [0.1, 0.15) is 17.2 Å². The Kier molecular flexibility index (Phi) is 3.63. The van der Waals surface area contributed by atoms with Gasteiger partial charge in [-0.25, -0.2) is 0 Å². The van der Waals surface area contributed by atoms with E-state index in [-0.39, 0.29) is 6.54 Å². The third kappa shape index (κ3) is 2.54. The standard InChI is InChI=1S/C19H20N2O2/c22-18(23)13-20-9-11-21(12-10-20)19-16-7-3-1-5-14(16)15-6-2-4-8-17(15)19/h1-8,19H,9-13H2,(H,22,23). The summed E-state index contributed by atoms with van der Waals surface area (Å²) in [5.74, 6) is -0.741. The molecular weight excluding hydrogens is 288 g/mol. The summed E-state index contributed by atoms with van der Waals surface area (Å²) in [6, 6.07) is 17.6. The van der Waals surface area contributed by atoms with E-state index < -0.39 is 5.97 Å². The Labute approximate surface area is 136 Å². The van der Waals surface area contributed by atoms with Crippen LogP contribution >= 0.6 is 0 Å². The molecule has 2 aromatic rings. The van der Waals surface area contributed by atoms with Crippen LogP contribution in [0.25, 0.3) is 11.1 Å². The molecule has 2 aliphatic rings. The van der Waals surface area contributed by atoms with E-state index in [0.29, 0.717) is 6.04 Å². The Balaban J connectivity index is 1.61. The summed E-state index contributed by atoms with van der Waals surface area (Å²) in [5.41, 5.74) is 5.42. The maximum absolute atomic E-state index is 10.9. The van der Waals surface area contributed by atoms with Crippen molar-refractivity contribution in [3.63, 3.8) is 0 Å². The van der Waals surface area contributed by atoms with Crippen molar-refractivity contribution >= 4 is 5.97 Å². The van der Waals surface area contributed by atoms with Gasteiger partial charge < -0.3 is 5.11 Å². The minimum absolute atomic E-state index is 0.145. The van der Waals surface area contributed by atoms with Crippen molar-refractivity contribution < 1.29 is 9.90 Å². The van der Waals surface area contributed by atoms with Crippen LogP contribution in [0.15, 0.2) is 48.5 Å². The lowest BCUT2D eigenvalue weighted by Crippen LogP contribution is -2.48. The van der Waals surface area contributed by atoms with E-state index in [0.717, 1.165) is 26.2 Å². The van der Waals surface area contributed by atoms with Crippen LogP contribution in [-0.2, 0) is 4.79 Å². The predicted octanol–water partition coefficient (Wildman–Crippen LogP) is 2.46. The average molecular weight is 308 g/mol. The van der Waals surface area contributed by atoms with Crippen molar-refractivity contribution in [1.29, 1.82) is 0 Å². The highest BCUT2D eigenvalue weighted by Crippen LogP contribution is 2.46. The first-order chi connectivity index (χ1) is 11.2. The summed E-state index contributed by atoms with van der Waals surface area (Å²) in [7, 11) is 0. The molecule has 2 aromatic carbocycles. The van der Waals surface area contributed by atoms with Gasteiger partial charge in [-0.2, -0.15) is 0 Å². The molecule has 4 heteroatoms. The number of nitrogens with zero attached hydrogens (tertiary/aromatic N) is 2. The fraction of sp³-hybridized carbons (Fsp3) is 0.316. The van der Waals surface area contributed by atoms with Crippen LogP contribution in [0.2, 0.25) is 0 Å². The molecule has 0 atom stereocenters. The molecule has 0 saturated carbocycles. The smallest absolute Gasteiger partial charge is 0.317 e. The van der Waals surface area contributed by atoms with Crippen molar-refractivity contribution in [2.45, 2.75) is 6.04 Å². The summed E-state index contributed by atoms with van der Waals surface area (Å²) in [5, 5.41) is 8.95. The van der Waals surface area contributed by atoms with Gasteiger partial charge in [0.05, 0.1) is 12.6 Å². The lowest BCUT2D eigenvalue weighted by atomic mass is 10.0. The van der Waals surface area contributed by atoms with Crippen molar-refractivity contribution in [2.24, 2.45) is 0 Å². The van der Waals surface area contributed by atoms with Crippen molar-refractivity contribution in [3.05, 3.63) is 59.7 Å². The Bertz CT molecular complexity index is 690. The van der Waals surface area contributed by atoms with Gasteiger partial charge >= 0.3 is 5.97 Å². The number of fused-ring (bicyclic) bond motifs is 3. The molecule has 1 aliphatic heterocycles. The Hall–Kier alpha value is -2.17. The number of benzene rings is 2. The first-order valence-electron chi connectivity index (χ1n) is 8.10.